The van der Waals surface area contributed by atoms with Crippen LogP contribution in [0, 0.1) is 23.0 Å². The van der Waals surface area contributed by atoms with Crippen molar-refractivity contribution in [2.75, 3.05) is 32.4 Å². The summed E-state index contributed by atoms with van der Waals surface area (Å²) in [4.78, 5) is 70.7. The Kier molecular flexibility index (Phi) is 12.4. The first-order valence-corrected chi connectivity index (χ1v) is 21.6. The summed E-state index contributed by atoms with van der Waals surface area (Å²) in [6.45, 7) is 3.32. The average molecular weight is 870 g/mol. The van der Waals surface area contributed by atoms with Crippen molar-refractivity contribution in [1.29, 1.82) is 5.41 Å². The highest BCUT2D eigenvalue weighted by Gasteiger charge is 2.43. The molecule has 4 amide bonds. The molecule has 332 valence electrons. The number of carbonyl (C=O) groups is 5. The van der Waals surface area contributed by atoms with Crippen LogP contribution >= 0.6 is 0 Å². The third-order valence-corrected chi connectivity index (χ3v) is 13.8. The van der Waals surface area contributed by atoms with Crippen LogP contribution in [0.4, 0.5) is 23.2 Å². The van der Waals surface area contributed by atoms with Gasteiger partial charge in [-0.3, -0.25) is 33.9 Å². The van der Waals surface area contributed by atoms with Gasteiger partial charge in [0.1, 0.15) is 17.9 Å². The van der Waals surface area contributed by atoms with Crippen LogP contribution in [0.3, 0.4) is 0 Å². The first-order chi connectivity index (χ1) is 30.2. The SMILES string of the molecule is CNC(=O)CCC(C=O)N1C(=O)c2cc3c(cc2C1=O)CN(C1CCN(C(=O)C2CC=C(c4cc(F)c(C5c6ccc(N)c(C=N)c6C[C@@H](C)N5CC(F)F)c(F)c4)CC2)CC1)C3. The van der Waals surface area contributed by atoms with E-state index in [1.807, 2.05) is 11.0 Å². The zero-order valence-corrected chi connectivity index (χ0v) is 35.3. The van der Waals surface area contributed by atoms with Gasteiger partial charge in [0.25, 0.3) is 18.2 Å². The number of amides is 4. The van der Waals surface area contributed by atoms with E-state index in [0.29, 0.717) is 91.7 Å². The minimum Gasteiger partial charge on any atom is -0.398 e. The van der Waals surface area contributed by atoms with Gasteiger partial charge in [-0.05, 0) is 116 Å². The van der Waals surface area contributed by atoms with Crippen LogP contribution in [0.2, 0.25) is 0 Å². The number of nitrogens with two attached hydrogens (primary N) is 1. The van der Waals surface area contributed by atoms with Gasteiger partial charge < -0.3 is 26.2 Å². The van der Waals surface area contributed by atoms with Crippen molar-refractivity contribution in [3.8, 4) is 0 Å². The van der Waals surface area contributed by atoms with E-state index in [0.717, 1.165) is 35.1 Å². The van der Waals surface area contributed by atoms with Crippen molar-refractivity contribution in [1.82, 2.24) is 24.9 Å². The molecule has 0 saturated carbocycles. The number of hydrogen-bond acceptors (Lipinski definition) is 9. The maximum Gasteiger partial charge on any atom is 0.262 e. The average Bonchev–Trinajstić information content (AvgIpc) is 3.80. The molecule has 4 N–H and O–H groups in total. The van der Waals surface area contributed by atoms with Crippen LogP contribution in [0.15, 0.2) is 42.5 Å². The maximum atomic E-state index is 16.2. The fraction of sp³-hybridized carbons (Fsp3) is 0.447. The quantitative estimate of drug-likeness (QED) is 0.0655. The van der Waals surface area contributed by atoms with Gasteiger partial charge in [0.05, 0.1) is 29.8 Å². The van der Waals surface area contributed by atoms with Crippen molar-refractivity contribution < 1.29 is 41.5 Å². The van der Waals surface area contributed by atoms with Crippen molar-refractivity contribution in [3.63, 3.8) is 0 Å². The highest BCUT2D eigenvalue weighted by molar-refractivity contribution is 6.22. The number of nitrogens with zero attached hydrogens (tertiary/aromatic N) is 4. The van der Waals surface area contributed by atoms with E-state index in [-0.39, 0.29) is 53.3 Å². The van der Waals surface area contributed by atoms with E-state index in [4.69, 9.17) is 11.1 Å². The van der Waals surface area contributed by atoms with E-state index < -0.39 is 54.5 Å². The Morgan fingerprint density at radius 3 is 2.19 bits per heavy atom. The number of nitrogen functional groups attached to an aromatic ring is 1. The summed E-state index contributed by atoms with van der Waals surface area (Å²) in [5.74, 6) is -3.33. The van der Waals surface area contributed by atoms with Crippen molar-refractivity contribution in [2.24, 2.45) is 5.92 Å². The van der Waals surface area contributed by atoms with Crippen LogP contribution in [0.5, 0.6) is 0 Å². The largest absolute Gasteiger partial charge is 0.398 e. The molecule has 1 aliphatic carbocycles. The number of benzene rings is 3. The number of rotatable bonds is 12. The predicted molar refractivity (Wildman–Crippen MR) is 227 cm³/mol. The second-order valence-corrected chi connectivity index (χ2v) is 17.4. The van der Waals surface area contributed by atoms with Crippen molar-refractivity contribution >= 4 is 47.4 Å². The first kappa shape index (κ1) is 43.9. The highest BCUT2D eigenvalue weighted by Crippen LogP contribution is 2.44. The second kappa shape index (κ2) is 17.8. The highest BCUT2D eigenvalue weighted by atomic mass is 19.3. The lowest BCUT2D eigenvalue weighted by molar-refractivity contribution is -0.137. The number of carbonyl (C=O) groups excluding carboxylic acids is 5. The van der Waals surface area contributed by atoms with Crippen LogP contribution < -0.4 is 11.1 Å². The number of likely N-dealkylation sites (tertiary alicyclic amines) is 1. The number of fused-ring (bicyclic) bond motifs is 3. The lowest BCUT2D eigenvalue weighted by Gasteiger charge is -2.43. The Balaban J connectivity index is 0.890. The Labute approximate surface area is 362 Å². The Morgan fingerprint density at radius 1 is 0.984 bits per heavy atom. The van der Waals surface area contributed by atoms with Gasteiger partial charge in [-0.1, -0.05) is 12.1 Å². The maximum absolute atomic E-state index is 16.2. The summed E-state index contributed by atoms with van der Waals surface area (Å²) >= 11 is 0. The van der Waals surface area contributed by atoms with Gasteiger partial charge in [0.15, 0.2) is 0 Å². The van der Waals surface area contributed by atoms with E-state index >= 15 is 8.78 Å². The number of piperidine rings is 1. The minimum atomic E-state index is -2.74. The molecule has 3 aromatic carbocycles. The zero-order chi connectivity index (χ0) is 44.9. The molecule has 4 aliphatic heterocycles. The molecule has 1 fully saturated rings. The lowest BCUT2D eigenvalue weighted by atomic mass is 9.81. The molecule has 16 heteroatoms. The van der Waals surface area contributed by atoms with E-state index in [1.165, 1.54) is 30.1 Å². The number of aldehydes is 1. The molecular formula is C47H51F4N7O5. The Morgan fingerprint density at radius 2 is 1.63 bits per heavy atom. The molecule has 0 aromatic heterocycles. The van der Waals surface area contributed by atoms with Gasteiger partial charge in [-0.25, -0.2) is 17.6 Å². The van der Waals surface area contributed by atoms with Crippen LogP contribution in [-0.2, 0) is 33.9 Å². The summed E-state index contributed by atoms with van der Waals surface area (Å²) in [5.41, 5.74) is 11.0. The van der Waals surface area contributed by atoms with Gasteiger partial charge >= 0.3 is 0 Å². The van der Waals surface area contributed by atoms with Crippen LogP contribution in [0.25, 0.3) is 5.57 Å². The molecule has 4 atom stereocenters. The summed E-state index contributed by atoms with van der Waals surface area (Å²) in [6.07, 6.45) is 3.90. The number of imide groups is 1. The third kappa shape index (κ3) is 8.18. The standard InChI is InChI=1S/C47H51F4N7O5/c1-25-15-34-33(8-9-40(53)37(34)20-52)44(57(25)23-41(50)51)43-38(48)18-28(19-39(43)49)26-3-5-27(6-4-26)45(61)55-13-11-31(12-14-55)56-21-29-16-35-36(17-30(29)22-56)47(63)58(46(35)62)32(24-59)7-10-42(60)54-2/h3,8-9,16-20,24-25,27,31-32,41,44,52H,4-7,10-15,21-23,53H2,1-2H3,(H,54,60)/t25-,27?,32?,44?/m1/s1. The molecule has 8 rings (SSSR count). The van der Waals surface area contributed by atoms with E-state index in [2.05, 4.69) is 10.2 Å². The molecule has 63 heavy (non-hydrogen) atoms. The molecule has 0 radical (unpaired) electrons. The first-order valence-electron chi connectivity index (χ1n) is 21.6. The van der Waals surface area contributed by atoms with Gasteiger partial charge in [-0.15, -0.1) is 0 Å². The number of hydrogen-bond donors (Lipinski definition) is 3. The number of allylic oxidation sites excluding steroid dienone is 2. The molecule has 5 aliphatic rings. The molecule has 4 heterocycles. The smallest absolute Gasteiger partial charge is 0.262 e. The summed E-state index contributed by atoms with van der Waals surface area (Å²) in [5, 5.41) is 10.4. The molecule has 0 spiro atoms. The molecule has 3 unspecified atom stereocenters. The van der Waals surface area contributed by atoms with Crippen LogP contribution in [0.1, 0.15) is 118 Å². The minimum absolute atomic E-state index is 0.00164. The predicted octanol–water partition coefficient (Wildman–Crippen LogP) is 6.03. The topological polar surface area (TPSA) is 160 Å². The normalized spacial score (nSPS) is 22.1. The second-order valence-electron chi connectivity index (χ2n) is 17.4. The van der Waals surface area contributed by atoms with Gasteiger partial charge in [-0.2, -0.15) is 0 Å². The Bertz CT molecular complexity index is 2350. The molecule has 3 aromatic rings. The van der Waals surface area contributed by atoms with Crippen LogP contribution in [-0.4, -0.2) is 107 Å². The number of halogens is 4. The molecule has 0 bridgehead atoms. The van der Waals surface area contributed by atoms with Crippen molar-refractivity contribution in [3.05, 3.63) is 104 Å². The molecule has 1 saturated heterocycles. The van der Waals surface area contributed by atoms with E-state index in [9.17, 15) is 32.8 Å². The van der Waals surface area contributed by atoms with Gasteiger partial charge in [0.2, 0.25) is 11.8 Å². The Hall–Kier alpha value is -5.74. The number of alkyl halides is 2. The fourth-order valence-corrected chi connectivity index (χ4v) is 10.4. The van der Waals surface area contributed by atoms with E-state index in [1.54, 1.807) is 25.1 Å². The molecular weight excluding hydrogens is 819 g/mol. The van der Waals surface area contributed by atoms with Gasteiger partial charge in [0, 0.05) is 80.7 Å². The summed E-state index contributed by atoms with van der Waals surface area (Å²) in [6, 6.07) is 6.62. The summed E-state index contributed by atoms with van der Waals surface area (Å²) in [7, 11) is 1.48. The third-order valence-electron chi connectivity index (χ3n) is 13.8. The monoisotopic (exact) mass is 869 g/mol. The van der Waals surface area contributed by atoms with Crippen molar-refractivity contribution in [2.45, 2.75) is 102 Å². The zero-order valence-electron chi connectivity index (χ0n) is 35.3. The summed E-state index contributed by atoms with van der Waals surface area (Å²) < 4.78 is 60.2. The molecule has 12 nitrogen and oxygen atoms in total. The number of anilines is 1. The fourth-order valence-electron chi connectivity index (χ4n) is 10.4. The number of nitrogens with one attached hydrogen (secondary N) is 2. The lowest BCUT2D eigenvalue weighted by Crippen LogP contribution is -2.47.